The molecule has 0 atom stereocenters. The maximum Gasteiger partial charge on any atom is 0.179 e. The first kappa shape index (κ1) is 36.5. The Morgan fingerprint density at radius 3 is 1.42 bits per heavy atom. The minimum absolute atomic E-state index is 0.900. The van der Waals surface area contributed by atoms with Crippen LogP contribution < -0.4 is 20.7 Å². The van der Waals surface area contributed by atoms with E-state index in [0.717, 1.165) is 33.3 Å². The Labute approximate surface area is 371 Å². The molecule has 0 unspecified atom stereocenters. The van der Waals surface area contributed by atoms with E-state index in [1.807, 2.05) is 6.07 Å². The zero-order valence-corrected chi connectivity index (χ0v) is 35.9. The summed E-state index contributed by atoms with van der Waals surface area (Å²) in [6, 6.07) is 89.2. The lowest BCUT2D eigenvalue weighted by atomic mass is 9.95. The van der Waals surface area contributed by atoms with Gasteiger partial charge in [-0.05, 0) is 86.5 Å². The summed E-state index contributed by atoms with van der Waals surface area (Å²) in [4.78, 5) is 0. The molecule has 0 aliphatic carbocycles. The molecular formula is C60H40N2OSi. The maximum absolute atomic E-state index is 6.40. The first-order valence-electron chi connectivity index (χ1n) is 22.0. The highest BCUT2D eigenvalue weighted by Crippen LogP contribution is 2.45. The molecule has 0 saturated carbocycles. The van der Waals surface area contributed by atoms with Crippen LogP contribution in [-0.4, -0.2) is 17.2 Å². The van der Waals surface area contributed by atoms with E-state index < -0.39 is 8.07 Å². The van der Waals surface area contributed by atoms with Crippen molar-refractivity contribution in [3.05, 3.63) is 243 Å². The number of nitrogens with zero attached hydrogens (tertiary/aromatic N) is 2. The van der Waals surface area contributed by atoms with Gasteiger partial charge in [-0.25, -0.2) is 0 Å². The minimum atomic E-state index is -2.78. The van der Waals surface area contributed by atoms with Crippen LogP contribution in [0, 0.1) is 0 Å². The Morgan fingerprint density at radius 2 is 0.750 bits per heavy atom. The van der Waals surface area contributed by atoms with E-state index in [-0.39, 0.29) is 0 Å². The summed E-state index contributed by atoms with van der Waals surface area (Å²) in [6.07, 6.45) is 0. The van der Waals surface area contributed by atoms with Crippen LogP contribution >= 0.6 is 0 Å². The molecule has 13 aromatic rings. The van der Waals surface area contributed by atoms with Crippen molar-refractivity contribution in [2.24, 2.45) is 0 Å². The van der Waals surface area contributed by atoms with E-state index in [9.17, 15) is 0 Å². The second-order valence-corrected chi connectivity index (χ2v) is 20.6. The zero-order valence-electron chi connectivity index (χ0n) is 34.9. The highest BCUT2D eigenvalue weighted by atomic mass is 28.3. The molecule has 0 fully saturated rings. The first-order chi connectivity index (χ1) is 31.8. The van der Waals surface area contributed by atoms with Crippen LogP contribution in [0.2, 0.25) is 0 Å². The van der Waals surface area contributed by atoms with Crippen LogP contribution in [0.1, 0.15) is 0 Å². The molecule has 0 aliphatic heterocycles. The Balaban J connectivity index is 1.08. The van der Waals surface area contributed by atoms with E-state index in [1.165, 1.54) is 75.5 Å². The normalized spacial score (nSPS) is 12.1. The van der Waals surface area contributed by atoms with Crippen molar-refractivity contribution in [3.8, 4) is 22.5 Å². The van der Waals surface area contributed by atoms with Crippen molar-refractivity contribution in [1.82, 2.24) is 9.13 Å². The van der Waals surface area contributed by atoms with Crippen molar-refractivity contribution in [2.45, 2.75) is 0 Å². The van der Waals surface area contributed by atoms with Crippen molar-refractivity contribution in [3.63, 3.8) is 0 Å². The Kier molecular flexibility index (Phi) is 8.23. The van der Waals surface area contributed by atoms with Crippen molar-refractivity contribution in [2.75, 3.05) is 0 Å². The first-order valence-corrected chi connectivity index (χ1v) is 24.0. The Bertz CT molecular complexity index is 3800. The van der Waals surface area contributed by atoms with Crippen LogP contribution in [0.25, 0.3) is 88.1 Å². The number of para-hydroxylation sites is 3. The number of hydrogen-bond acceptors (Lipinski definition) is 1. The summed E-state index contributed by atoms with van der Waals surface area (Å²) >= 11 is 0. The topological polar surface area (TPSA) is 23.0 Å². The number of aromatic nitrogens is 2. The van der Waals surface area contributed by atoms with E-state index >= 15 is 0 Å². The van der Waals surface area contributed by atoms with Crippen molar-refractivity contribution >= 4 is 94.4 Å². The predicted molar refractivity (Wildman–Crippen MR) is 271 cm³/mol. The van der Waals surface area contributed by atoms with E-state index in [4.69, 9.17) is 4.42 Å². The van der Waals surface area contributed by atoms with Crippen LogP contribution in [-0.2, 0) is 0 Å². The smallest absolute Gasteiger partial charge is 0.179 e. The third-order valence-corrected chi connectivity index (χ3v) is 18.2. The molecule has 0 bridgehead atoms. The highest BCUT2D eigenvalue weighted by molar-refractivity contribution is 7.19. The molecule has 300 valence electrons. The molecule has 10 aromatic carbocycles. The summed E-state index contributed by atoms with van der Waals surface area (Å²) < 4.78 is 11.4. The molecule has 0 radical (unpaired) electrons. The molecule has 3 nitrogen and oxygen atoms in total. The van der Waals surface area contributed by atoms with Crippen LogP contribution in [0.15, 0.2) is 247 Å². The van der Waals surface area contributed by atoms with Crippen molar-refractivity contribution < 1.29 is 4.42 Å². The number of rotatable bonds is 7. The van der Waals surface area contributed by atoms with Gasteiger partial charge < -0.3 is 13.6 Å². The summed E-state index contributed by atoms with van der Waals surface area (Å²) in [6.45, 7) is 0. The van der Waals surface area contributed by atoms with Gasteiger partial charge in [-0.15, -0.1) is 0 Å². The van der Waals surface area contributed by atoms with E-state index in [0.29, 0.717) is 0 Å². The number of hydrogen-bond donors (Lipinski definition) is 0. The van der Waals surface area contributed by atoms with Gasteiger partial charge >= 0.3 is 0 Å². The molecule has 3 heterocycles. The summed E-state index contributed by atoms with van der Waals surface area (Å²) in [5.41, 5.74) is 11.1. The van der Waals surface area contributed by atoms with Gasteiger partial charge in [0.05, 0.1) is 27.8 Å². The second kappa shape index (κ2) is 14.5. The largest absolute Gasteiger partial charge is 0.456 e. The lowest BCUT2D eigenvalue weighted by Crippen LogP contribution is -2.74. The van der Waals surface area contributed by atoms with Gasteiger partial charge in [0.2, 0.25) is 0 Å². The monoisotopic (exact) mass is 832 g/mol. The van der Waals surface area contributed by atoms with Crippen LogP contribution in [0.4, 0.5) is 0 Å². The lowest BCUT2D eigenvalue weighted by molar-refractivity contribution is 0.669. The van der Waals surface area contributed by atoms with Gasteiger partial charge in [0.15, 0.2) is 8.07 Å². The standard InChI is InChI=1S/C60H40N2OSi/c1-4-21-42(22-5-1)64(43-23-6-2-7-24-43,44-25-8-3-9-26-44)45-27-16-20-41(40-45)61-51-33-13-11-29-49(51)60-54(61)36-19-37-55(60)62-52-34-14-10-28-48(52)58-46(31-17-35-53(58)62)47-32-18-39-57-59(47)50-30-12-15-38-56(50)63-57/h1-40H. The molecular weight excluding hydrogens is 793 g/mol. The van der Waals surface area contributed by atoms with E-state index in [2.05, 4.69) is 246 Å². The van der Waals surface area contributed by atoms with Gasteiger partial charge in [0, 0.05) is 38.0 Å². The molecule has 64 heavy (non-hydrogen) atoms. The quantitative estimate of drug-likeness (QED) is 0.116. The molecule has 0 aliphatic rings. The van der Waals surface area contributed by atoms with E-state index in [1.54, 1.807) is 0 Å². The van der Waals surface area contributed by atoms with Gasteiger partial charge in [0.1, 0.15) is 11.2 Å². The van der Waals surface area contributed by atoms with Crippen molar-refractivity contribution in [1.29, 1.82) is 0 Å². The third kappa shape index (κ3) is 5.27. The van der Waals surface area contributed by atoms with Gasteiger partial charge in [-0.3, -0.25) is 0 Å². The van der Waals surface area contributed by atoms with Crippen LogP contribution in [0.3, 0.4) is 0 Å². The second-order valence-electron chi connectivity index (χ2n) is 16.8. The lowest BCUT2D eigenvalue weighted by Gasteiger charge is -2.34. The van der Waals surface area contributed by atoms with Gasteiger partial charge in [-0.2, -0.15) is 0 Å². The molecule has 0 saturated heterocycles. The summed E-state index contributed by atoms with van der Waals surface area (Å²) in [7, 11) is -2.78. The Hall–Kier alpha value is -8.18. The fourth-order valence-corrected chi connectivity index (χ4v) is 15.7. The molecule has 0 N–H and O–H groups in total. The molecule has 0 spiro atoms. The van der Waals surface area contributed by atoms with Gasteiger partial charge in [0.25, 0.3) is 0 Å². The maximum atomic E-state index is 6.40. The molecule has 4 heteroatoms. The average molecular weight is 833 g/mol. The SMILES string of the molecule is c1ccc([Si](c2ccccc2)(c2ccccc2)c2cccc(-n3c4ccccc4c4c(-n5c6ccccc6c6c(-c7cccc8oc9ccccc9c78)cccc65)cccc43)c2)cc1. The van der Waals surface area contributed by atoms with Gasteiger partial charge in [-0.1, -0.05) is 188 Å². The molecule has 0 amide bonds. The molecule has 13 rings (SSSR count). The highest BCUT2D eigenvalue weighted by Gasteiger charge is 2.41. The summed E-state index contributed by atoms with van der Waals surface area (Å²) in [5.74, 6) is 0. The fourth-order valence-electron chi connectivity index (χ4n) is 10.9. The fraction of sp³-hybridized carbons (Fsp3) is 0. The number of benzene rings is 10. The molecule has 3 aromatic heterocycles. The minimum Gasteiger partial charge on any atom is -0.456 e. The zero-order chi connectivity index (χ0) is 42.2. The Morgan fingerprint density at radius 1 is 0.297 bits per heavy atom. The predicted octanol–water partition coefficient (Wildman–Crippen LogP) is 12.8. The number of furan rings is 1. The third-order valence-electron chi connectivity index (χ3n) is 13.5. The average Bonchev–Trinajstić information content (AvgIpc) is 4.04. The number of fused-ring (bicyclic) bond motifs is 9. The summed E-state index contributed by atoms with van der Waals surface area (Å²) in [5, 5.41) is 12.6. The van der Waals surface area contributed by atoms with Crippen LogP contribution in [0.5, 0.6) is 0 Å².